The van der Waals surface area contributed by atoms with Crippen LogP contribution >= 0.6 is 0 Å². The fourth-order valence-electron chi connectivity index (χ4n) is 4.18. The highest BCUT2D eigenvalue weighted by Gasteiger charge is 2.33. The Labute approximate surface area is 230 Å². The van der Waals surface area contributed by atoms with Gasteiger partial charge in [0.1, 0.15) is 18.4 Å². The van der Waals surface area contributed by atoms with Gasteiger partial charge in [-0.05, 0) is 87.2 Å². The average molecular weight is 554 g/mol. The summed E-state index contributed by atoms with van der Waals surface area (Å²) in [6.45, 7) is 8.59. The minimum atomic E-state index is -4.13. The van der Waals surface area contributed by atoms with Crippen molar-refractivity contribution in [3.05, 3.63) is 95.3 Å². The van der Waals surface area contributed by atoms with E-state index in [1.165, 1.54) is 41.3 Å². The molecule has 0 heterocycles. The Balaban J connectivity index is 2.04. The summed E-state index contributed by atoms with van der Waals surface area (Å²) >= 11 is 0. The summed E-state index contributed by atoms with van der Waals surface area (Å²) < 4.78 is 42.3. The van der Waals surface area contributed by atoms with Crippen molar-refractivity contribution in [1.82, 2.24) is 10.2 Å². The van der Waals surface area contributed by atoms with E-state index in [2.05, 4.69) is 5.32 Å². The van der Waals surface area contributed by atoms with Crippen molar-refractivity contribution in [2.24, 2.45) is 0 Å². The van der Waals surface area contributed by atoms with Crippen LogP contribution in [0.4, 0.5) is 10.1 Å². The SMILES string of the molecule is CC[C@@H](C)NC(=O)[C@@H](C)N(Cc1ccc(F)cc1)C(=O)CN(c1cc(C)cc(C)c1)S(=O)(=O)c1ccccc1. The number of carbonyl (C=O) groups excluding carboxylic acids is 2. The molecule has 0 aliphatic carbocycles. The summed E-state index contributed by atoms with van der Waals surface area (Å²) in [5.41, 5.74) is 2.64. The third kappa shape index (κ3) is 7.66. The van der Waals surface area contributed by atoms with Gasteiger partial charge in [-0.15, -0.1) is 0 Å². The number of anilines is 1. The van der Waals surface area contributed by atoms with Gasteiger partial charge in [-0.1, -0.05) is 43.3 Å². The van der Waals surface area contributed by atoms with Gasteiger partial charge in [-0.25, -0.2) is 12.8 Å². The number of sulfonamides is 1. The zero-order valence-electron chi connectivity index (χ0n) is 23.0. The fraction of sp³-hybridized carbons (Fsp3) is 0.333. The van der Waals surface area contributed by atoms with Crippen molar-refractivity contribution in [2.75, 3.05) is 10.8 Å². The second-order valence-corrected chi connectivity index (χ2v) is 11.7. The zero-order chi connectivity index (χ0) is 28.7. The highest BCUT2D eigenvalue weighted by atomic mass is 32.2. The molecule has 0 aromatic heterocycles. The molecular weight excluding hydrogens is 517 g/mol. The van der Waals surface area contributed by atoms with Crippen LogP contribution in [0.1, 0.15) is 43.9 Å². The molecule has 0 fully saturated rings. The van der Waals surface area contributed by atoms with Crippen LogP contribution in [0.15, 0.2) is 77.7 Å². The Kier molecular flexibility index (Phi) is 9.86. The van der Waals surface area contributed by atoms with Crippen LogP contribution in [0, 0.1) is 19.7 Å². The standard InChI is InChI=1S/C30H36FN3O4S/c1-6-23(4)32-30(36)24(5)33(19-25-12-14-26(31)15-13-25)29(35)20-34(27-17-21(2)16-22(3)18-27)39(37,38)28-10-8-7-9-11-28/h7-18,23-24H,6,19-20H2,1-5H3,(H,32,36)/t23-,24-/m1/s1. The summed E-state index contributed by atoms with van der Waals surface area (Å²) in [7, 11) is -4.13. The summed E-state index contributed by atoms with van der Waals surface area (Å²) in [6.07, 6.45) is 0.709. The maximum absolute atomic E-state index is 13.9. The quantitative estimate of drug-likeness (QED) is 0.363. The molecular formula is C30H36FN3O4S. The van der Waals surface area contributed by atoms with E-state index >= 15 is 0 Å². The molecule has 0 saturated carbocycles. The van der Waals surface area contributed by atoms with E-state index in [-0.39, 0.29) is 23.4 Å². The first-order valence-corrected chi connectivity index (χ1v) is 14.4. The van der Waals surface area contributed by atoms with Crippen LogP contribution in [-0.4, -0.2) is 43.8 Å². The second kappa shape index (κ2) is 12.9. The van der Waals surface area contributed by atoms with E-state index in [1.807, 2.05) is 33.8 Å². The van der Waals surface area contributed by atoms with Crippen molar-refractivity contribution in [2.45, 2.75) is 64.6 Å². The highest BCUT2D eigenvalue weighted by Crippen LogP contribution is 2.26. The number of nitrogens with zero attached hydrogens (tertiary/aromatic N) is 2. The molecule has 0 bridgehead atoms. The number of rotatable bonds is 11. The molecule has 1 N–H and O–H groups in total. The van der Waals surface area contributed by atoms with Crippen molar-refractivity contribution in [3.8, 4) is 0 Å². The van der Waals surface area contributed by atoms with E-state index in [0.29, 0.717) is 17.7 Å². The normalized spacial score (nSPS) is 12.9. The van der Waals surface area contributed by atoms with Gasteiger partial charge < -0.3 is 10.2 Å². The molecule has 39 heavy (non-hydrogen) atoms. The molecule has 2 amide bonds. The molecule has 3 aromatic carbocycles. The number of hydrogen-bond donors (Lipinski definition) is 1. The minimum absolute atomic E-state index is 0.000274. The Morgan fingerprint density at radius 3 is 2.08 bits per heavy atom. The van der Waals surface area contributed by atoms with Crippen molar-refractivity contribution >= 4 is 27.5 Å². The van der Waals surface area contributed by atoms with E-state index in [0.717, 1.165) is 15.4 Å². The van der Waals surface area contributed by atoms with E-state index in [1.54, 1.807) is 37.3 Å². The Morgan fingerprint density at radius 1 is 0.923 bits per heavy atom. The van der Waals surface area contributed by atoms with Gasteiger partial charge in [0.15, 0.2) is 0 Å². The molecule has 0 radical (unpaired) electrons. The molecule has 0 saturated heterocycles. The van der Waals surface area contributed by atoms with Crippen LogP contribution in [0.25, 0.3) is 0 Å². The molecule has 2 atom stereocenters. The lowest BCUT2D eigenvalue weighted by Crippen LogP contribution is -2.52. The van der Waals surface area contributed by atoms with Crippen LogP contribution in [0.3, 0.4) is 0 Å². The van der Waals surface area contributed by atoms with E-state index in [9.17, 15) is 22.4 Å². The molecule has 9 heteroatoms. The van der Waals surface area contributed by atoms with Gasteiger partial charge in [0, 0.05) is 12.6 Å². The number of hydrogen-bond acceptors (Lipinski definition) is 4. The van der Waals surface area contributed by atoms with Gasteiger partial charge in [0.25, 0.3) is 10.0 Å². The molecule has 208 valence electrons. The lowest BCUT2D eigenvalue weighted by Gasteiger charge is -2.32. The zero-order valence-corrected chi connectivity index (χ0v) is 23.8. The molecule has 3 aromatic rings. The van der Waals surface area contributed by atoms with E-state index in [4.69, 9.17) is 0 Å². The smallest absolute Gasteiger partial charge is 0.264 e. The maximum atomic E-state index is 13.9. The third-order valence-electron chi connectivity index (χ3n) is 6.54. The lowest BCUT2D eigenvalue weighted by atomic mass is 10.1. The monoisotopic (exact) mass is 553 g/mol. The molecule has 0 spiro atoms. The van der Waals surface area contributed by atoms with Crippen molar-refractivity contribution in [3.63, 3.8) is 0 Å². The first-order valence-electron chi connectivity index (χ1n) is 12.9. The Morgan fingerprint density at radius 2 is 1.51 bits per heavy atom. The Hall–Kier alpha value is -3.72. The third-order valence-corrected chi connectivity index (χ3v) is 8.33. The van der Waals surface area contributed by atoms with Gasteiger partial charge >= 0.3 is 0 Å². The predicted octanol–water partition coefficient (Wildman–Crippen LogP) is 4.97. The fourth-order valence-corrected chi connectivity index (χ4v) is 5.60. The molecule has 0 unspecified atom stereocenters. The Bertz CT molecular complexity index is 1380. The number of carbonyl (C=O) groups is 2. The van der Waals surface area contributed by atoms with Gasteiger partial charge in [-0.3, -0.25) is 13.9 Å². The summed E-state index contributed by atoms with van der Waals surface area (Å²) in [6, 6.07) is 17.9. The van der Waals surface area contributed by atoms with Crippen LogP contribution in [0.2, 0.25) is 0 Å². The van der Waals surface area contributed by atoms with Crippen LogP contribution in [-0.2, 0) is 26.2 Å². The van der Waals surface area contributed by atoms with Crippen LogP contribution in [0.5, 0.6) is 0 Å². The average Bonchev–Trinajstić information content (AvgIpc) is 2.90. The summed E-state index contributed by atoms with van der Waals surface area (Å²) in [4.78, 5) is 28.4. The lowest BCUT2D eigenvalue weighted by molar-refractivity contribution is -0.139. The van der Waals surface area contributed by atoms with E-state index < -0.39 is 34.3 Å². The van der Waals surface area contributed by atoms with Crippen molar-refractivity contribution < 1.29 is 22.4 Å². The molecule has 0 aliphatic heterocycles. The number of aryl methyl sites for hydroxylation is 2. The number of halogens is 1. The largest absolute Gasteiger partial charge is 0.352 e. The molecule has 3 rings (SSSR count). The predicted molar refractivity (Wildman–Crippen MR) is 151 cm³/mol. The first-order chi connectivity index (χ1) is 18.4. The summed E-state index contributed by atoms with van der Waals surface area (Å²) in [5, 5.41) is 2.89. The topological polar surface area (TPSA) is 86.8 Å². The minimum Gasteiger partial charge on any atom is -0.352 e. The van der Waals surface area contributed by atoms with Crippen molar-refractivity contribution in [1.29, 1.82) is 0 Å². The second-order valence-electron chi connectivity index (χ2n) is 9.81. The van der Waals surface area contributed by atoms with Gasteiger partial charge in [0.05, 0.1) is 10.6 Å². The first kappa shape index (κ1) is 29.8. The number of nitrogens with one attached hydrogen (secondary N) is 1. The molecule has 0 aliphatic rings. The van der Waals surface area contributed by atoms with Gasteiger partial charge in [-0.2, -0.15) is 0 Å². The van der Waals surface area contributed by atoms with Gasteiger partial charge in [0.2, 0.25) is 11.8 Å². The number of amides is 2. The number of benzene rings is 3. The molecule has 7 nitrogen and oxygen atoms in total. The van der Waals surface area contributed by atoms with Crippen LogP contribution < -0.4 is 9.62 Å². The highest BCUT2D eigenvalue weighted by molar-refractivity contribution is 7.92. The maximum Gasteiger partial charge on any atom is 0.264 e. The summed E-state index contributed by atoms with van der Waals surface area (Å²) in [5.74, 6) is -1.34.